The van der Waals surface area contributed by atoms with Gasteiger partial charge in [0.05, 0.1) is 0 Å². The Kier molecular flexibility index (Phi) is 3.64. The summed E-state index contributed by atoms with van der Waals surface area (Å²) in [5.41, 5.74) is 4.04. The maximum Gasteiger partial charge on any atom is -0.0169 e. The Morgan fingerprint density at radius 2 is 1.41 bits per heavy atom. The van der Waals surface area contributed by atoms with E-state index in [9.17, 15) is 0 Å². The Bertz CT molecular complexity index is 459. The molecule has 5 aliphatic rings. The Morgan fingerprint density at radius 3 is 2.41 bits per heavy atom. The summed E-state index contributed by atoms with van der Waals surface area (Å²) in [6.07, 6.45) is 21.7. The third kappa shape index (κ3) is 2.15. The molecule has 0 aromatic rings. The lowest BCUT2D eigenvalue weighted by Crippen LogP contribution is -2.44. The molecule has 6 atom stereocenters. The summed E-state index contributed by atoms with van der Waals surface area (Å²) >= 11 is 0. The van der Waals surface area contributed by atoms with Gasteiger partial charge < -0.3 is 0 Å². The topological polar surface area (TPSA) is 0 Å². The lowest BCUT2D eigenvalue weighted by atomic mass is 9.52. The van der Waals surface area contributed by atoms with Crippen molar-refractivity contribution in [3.8, 4) is 0 Å². The molecule has 5 aliphatic carbocycles. The second-order valence-corrected chi connectivity index (χ2v) is 9.33. The van der Waals surface area contributed by atoms with Gasteiger partial charge in [-0.05, 0) is 99.7 Å². The molecular formula is C22H34. The molecule has 0 heterocycles. The Hall–Kier alpha value is -0.260. The van der Waals surface area contributed by atoms with Crippen LogP contribution in [0.15, 0.2) is 11.1 Å². The number of fused-ring (bicyclic) bond motifs is 6. The van der Waals surface area contributed by atoms with Gasteiger partial charge in [-0.15, -0.1) is 0 Å². The first-order valence-electron chi connectivity index (χ1n) is 10.6. The highest BCUT2D eigenvalue weighted by molar-refractivity contribution is 5.27. The fraction of sp³-hybridized carbons (Fsp3) is 0.909. The molecule has 0 nitrogen and oxygen atoms in total. The quantitative estimate of drug-likeness (QED) is 0.447. The van der Waals surface area contributed by atoms with Crippen LogP contribution in [-0.2, 0) is 0 Å². The first-order chi connectivity index (χ1) is 10.9. The minimum atomic E-state index is 1.03. The Labute approximate surface area is 137 Å². The molecule has 0 heteroatoms. The molecule has 22 heavy (non-hydrogen) atoms. The fourth-order valence-electron chi connectivity index (χ4n) is 7.78. The van der Waals surface area contributed by atoms with E-state index < -0.39 is 0 Å². The largest absolute Gasteiger partial charge is 0.0676 e. The van der Waals surface area contributed by atoms with Crippen molar-refractivity contribution < 1.29 is 0 Å². The molecule has 0 aromatic heterocycles. The van der Waals surface area contributed by atoms with Crippen LogP contribution >= 0.6 is 0 Å². The van der Waals surface area contributed by atoms with E-state index in [1.54, 1.807) is 57.8 Å². The number of rotatable bonds is 0. The van der Waals surface area contributed by atoms with Crippen LogP contribution in [0.5, 0.6) is 0 Å². The molecule has 0 bridgehead atoms. The normalized spacial score (nSPS) is 48.0. The molecule has 0 spiro atoms. The van der Waals surface area contributed by atoms with Crippen LogP contribution in [0.25, 0.3) is 0 Å². The summed E-state index contributed by atoms with van der Waals surface area (Å²) in [4.78, 5) is 0. The predicted octanol–water partition coefficient (Wildman–Crippen LogP) is 6.51. The molecular weight excluding hydrogens is 264 g/mol. The van der Waals surface area contributed by atoms with Gasteiger partial charge in [0.2, 0.25) is 0 Å². The highest BCUT2D eigenvalue weighted by atomic mass is 14.5. The third-order valence-corrected chi connectivity index (χ3v) is 8.63. The van der Waals surface area contributed by atoms with E-state index >= 15 is 0 Å². The molecule has 0 aromatic carbocycles. The maximum atomic E-state index is 2.03. The smallest absolute Gasteiger partial charge is 0.0169 e. The summed E-state index contributed by atoms with van der Waals surface area (Å²) in [6, 6.07) is 0. The van der Waals surface area contributed by atoms with Gasteiger partial charge in [-0.25, -0.2) is 0 Å². The van der Waals surface area contributed by atoms with Gasteiger partial charge in [-0.3, -0.25) is 0 Å². The Balaban J connectivity index is 1.43. The van der Waals surface area contributed by atoms with Crippen molar-refractivity contribution in [3.05, 3.63) is 11.1 Å². The van der Waals surface area contributed by atoms with Crippen LogP contribution < -0.4 is 0 Å². The van der Waals surface area contributed by atoms with Crippen molar-refractivity contribution in [1.29, 1.82) is 0 Å². The van der Waals surface area contributed by atoms with E-state index in [1.165, 1.54) is 32.1 Å². The van der Waals surface area contributed by atoms with Crippen LogP contribution in [-0.4, -0.2) is 0 Å². The molecule has 122 valence electrons. The predicted molar refractivity (Wildman–Crippen MR) is 92.6 cm³/mol. The van der Waals surface area contributed by atoms with Crippen LogP contribution in [0.1, 0.15) is 89.9 Å². The van der Waals surface area contributed by atoms with Gasteiger partial charge in [0.15, 0.2) is 0 Å². The molecule has 4 fully saturated rings. The summed E-state index contributed by atoms with van der Waals surface area (Å²) < 4.78 is 0. The molecule has 4 saturated carbocycles. The number of hydrogen-bond acceptors (Lipinski definition) is 0. The van der Waals surface area contributed by atoms with Crippen LogP contribution in [0.3, 0.4) is 0 Å². The number of allylic oxidation sites excluding steroid dienone is 2. The van der Waals surface area contributed by atoms with Gasteiger partial charge in [0.1, 0.15) is 0 Å². The average Bonchev–Trinajstić information content (AvgIpc) is 2.60. The van der Waals surface area contributed by atoms with E-state index in [-0.39, 0.29) is 0 Å². The number of hydrogen-bond donors (Lipinski definition) is 0. The zero-order valence-corrected chi connectivity index (χ0v) is 14.4. The van der Waals surface area contributed by atoms with E-state index in [0.717, 1.165) is 35.5 Å². The molecule has 0 radical (unpaired) electrons. The van der Waals surface area contributed by atoms with Crippen molar-refractivity contribution in [1.82, 2.24) is 0 Å². The standard InChI is InChI=1S/C22H34/c1-3-7-17-15(5-1)9-11-21-19(17)13-14-20-18-8-4-2-6-16(18)10-12-22(20)21/h15-17,19,21-22H,1-14H2. The van der Waals surface area contributed by atoms with E-state index in [1.807, 2.05) is 11.1 Å². The third-order valence-electron chi connectivity index (χ3n) is 8.63. The van der Waals surface area contributed by atoms with Gasteiger partial charge in [-0.2, -0.15) is 0 Å². The minimum Gasteiger partial charge on any atom is -0.0676 e. The van der Waals surface area contributed by atoms with Crippen molar-refractivity contribution in [3.63, 3.8) is 0 Å². The zero-order valence-electron chi connectivity index (χ0n) is 14.4. The van der Waals surface area contributed by atoms with Crippen molar-refractivity contribution >= 4 is 0 Å². The van der Waals surface area contributed by atoms with Crippen LogP contribution in [0, 0.1) is 35.5 Å². The van der Waals surface area contributed by atoms with E-state index in [0.29, 0.717) is 0 Å². The summed E-state index contributed by atoms with van der Waals surface area (Å²) in [6.45, 7) is 0. The highest BCUT2D eigenvalue weighted by Crippen LogP contribution is 2.58. The van der Waals surface area contributed by atoms with Gasteiger partial charge in [0, 0.05) is 0 Å². The SMILES string of the molecule is C1CCC2CCC3C(=C2C1)CCC1C2CCCCC2CCC31. The second-order valence-electron chi connectivity index (χ2n) is 9.33. The summed E-state index contributed by atoms with van der Waals surface area (Å²) in [5, 5.41) is 0. The fourth-order valence-corrected chi connectivity index (χ4v) is 7.78. The van der Waals surface area contributed by atoms with Crippen molar-refractivity contribution in [2.24, 2.45) is 35.5 Å². The Morgan fingerprint density at radius 1 is 0.500 bits per heavy atom. The first-order valence-corrected chi connectivity index (χ1v) is 10.6. The lowest BCUT2D eigenvalue weighted by molar-refractivity contribution is 0.00743. The van der Waals surface area contributed by atoms with E-state index in [2.05, 4.69) is 0 Å². The molecule has 0 aliphatic heterocycles. The molecule has 0 amide bonds. The maximum absolute atomic E-state index is 2.03. The van der Waals surface area contributed by atoms with Crippen LogP contribution in [0.4, 0.5) is 0 Å². The summed E-state index contributed by atoms with van der Waals surface area (Å²) in [5.74, 6) is 6.60. The summed E-state index contributed by atoms with van der Waals surface area (Å²) in [7, 11) is 0. The van der Waals surface area contributed by atoms with E-state index in [4.69, 9.17) is 0 Å². The van der Waals surface area contributed by atoms with Gasteiger partial charge in [-0.1, -0.05) is 36.8 Å². The minimum absolute atomic E-state index is 1.03. The zero-order chi connectivity index (χ0) is 14.5. The van der Waals surface area contributed by atoms with Crippen molar-refractivity contribution in [2.75, 3.05) is 0 Å². The highest BCUT2D eigenvalue weighted by Gasteiger charge is 2.47. The molecule has 6 unspecified atom stereocenters. The van der Waals surface area contributed by atoms with Gasteiger partial charge in [0.25, 0.3) is 0 Å². The second kappa shape index (κ2) is 5.67. The first kappa shape index (κ1) is 14.1. The van der Waals surface area contributed by atoms with Gasteiger partial charge >= 0.3 is 0 Å². The monoisotopic (exact) mass is 298 g/mol. The average molecular weight is 299 g/mol. The molecule has 5 rings (SSSR count). The molecule has 0 saturated heterocycles. The van der Waals surface area contributed by atoms with Crippen molar-refractivity contribution in [2.45, 2.75) is 89.9 Å². The molecule has 0 N–H and O–H groups in total. The lowest BCUT2D eigenvalue weighted by Gasteiger charge is -2.54. The van der Waals surface area contributed by atoms with Crippen LogP contribution in [0.2, 0.25) is 0 Å².